The summed E-state index contributed by atoms with van der Waals surface area (Å²) in [5.41, 5.74) is 0.994. The quantitative estimate of drug-likeness (QED) is 0.903. The molecule has 2 aliphatic carbocycles. The van der Waals surface area contributed by atoms with Crippen LogP contribution in [-0.2, 0) is 9.59 Å². The highest BCUT2D eigenvalue weighted by Crippen LogP contribution is 2.50. The topological polar surface area (TPSA) is 57.6 Å². The Labute approximate surface area is 132 Å². The van der Waals surface area contributed by atoms with Crippen molar-refractivity contribution in [1.29, 1.82) is 0 Å². The highest BCUT2D eigenvalue weighted by molar-refractivity contribution is 6.42. The molecule has 0 radical (unpaired) electrons. The molecule has 0 bridgehead atoms. The van der Waals surface area contributed by atoms with E-state index in [4.69, 9.17) is 28.3 Å². The molecule has 0 aromatic heterocycles. The second-order valence-corrected chi connectivity index (χ2v) is 6.53. The summed E-state index contributed by atoms with van der Waals surface area (Å²) in [4.78, 5) is 24.9. The van der Waals surface area contributed by atoms with Gasteiger partial charge in [-0.05, 0) is 42.9 Å². The van der Waals surface area contributed by atoms with Gasteiger partial charge in [0.05, 0.1) is 10.0 Å². The molecule has 1 amide bonds. The molecule has 2 unspecified atom stereocenters. The Kier molecular flexibility index (Phi) is 3.84. The lowest BCUT2D eigenvalue weighted by atomic mass is 10.1. The van der Waals surface area contributed by atoms with Crippen LogP contribution in [0.4, 0.5) is 0 Å². The first kappa shape index (κ1) is 14.7. The van der Waals surface area contributed by atoms with E-state index in [1.54, 1.807) is 12.1 Å². The van der Waals surface area contributed by atoms with Gasteiger partial charge in [-0.15, -0.1) is 0 Å². The number of carbonyl (C=O) groups is 2. The van der Waals surface area contributed by atoms with Crippen molar-refractivity contribution >= 4 is 35.1 Å². The molecule has 0 aliphatic heterocycles. The van der Waals surface area contributed by atoms with Gasteiger partial charge in [-0.25, -0.2) is 0 Å². The van der Waals surface area contributed by atoms with Crippen molar-refractivity contribution in [2.45, 2.75) is 31.2 Å². The Morgan fingerprint density at radius 1 is 1.24 bits per heavy atom. The molecule has 0 heterocycles. The Hall–Kier alpha value is -1.26. The van der Waals surface area contributed by atoms with Crippen LogP contribution in [0.25, 0.3) is 0 Å². The Morgan fingerprint density at radius 3 is 2.52 bits per heavy atom. The van der Waals surface area contributed by atoms with Gasteiger partial charge in [0.1, 0.15) is 6.54 Å². The number of benzene rings is 1. The highest BCUT2D eigenvalue weighted by atomic mass is 35.5. The molecule has 0 spiro atoms. The molecule has 2 fully saturated rings. The van der Waals surface area contributed by atoms with Gasteiger partial charge in [0.2, 0.25) is 5.91 Å². The minimum Gasteiger partial charge on any atom is -0.480 e. The third-order valence-corrected chi connectivity index (χ3v) is 4.79. The number of amides is 1. The van der Waals surface area contributed by atoms with Crippen molar-refractivity contribution in [1.82, 2.24) is 4.90 Å². The van der Waals surface area contributed by atoms with Crippen molar-refractivity contribution in [2.75, 3.05) is 6.54 Å². The van der Waals surface area contributed by atoms with Crippen molar-refractivity contribution in [3.05, 3.63) is 33.8 Å². The van der Waals surface area contributed by atoms with Crippen LogP contribution in [0, 0.1) is 5.92 Å². The van der Waals surface area contributed by atoms with Crippen molar-refractivity contribution < 1.29 is 14.7 Å². The molecule has 6 heteroatoms. The van der Waals surface area contributed by atoms with Gasteiger partial charge in [0.25, 0.3) is 0 Å². The number of aliphatic carboxylic acids is 1. The number of halogens is 2. The molecule has 21 heavy (non-hydrogen) atoms. The summed E-state index contributed by atoms with van der Waals surface area (Å²) in [5, 5.41) is 9.91. The van der Waals surface area contributed by atoms with E-state index in [1.165, 1.54) is 4.90 Å². The zero-order valence-corrected chi connectivity index (χ0v) is 12.8. The van der Waals surface area contributed by atoms with Gasteiger partial charge in [0, 0.05) is 12.0 Å². The lowest BCUT2D eigenvalue weighted by Gasteiger charge is -2.20. The molecule has 1 aromatic carbocycles. The lowest BCUT2D eigenvalue weighted by molar-refractivity contribution is -0.145. The Morgan fingerprint density at radius 2 is 1.95 bits per heavy atom. The van der Waals surface area contributed by atoms with E-state index >= 15 is 0 Å². The van der Waals surface area contributed by atoms with Crippen LogP contribution in [0.3, 0.4) is 0 Å². The average molecular weight is 328 g/mol. The summed E-state index contributed by atoms with van der Waals surface area (Å²) in [6.07, 6.45) is 2.56. The third-order valence-electron chi connectivity index (χ3n) is 4.06. The van der Waals surface area contributed by atoms with E-state index in [9.17, 15) is 9.59 Å². The second kappa shape index (κ2) is 5.50. The average Bonchev–Trinajstić information content (AvgIpc) is 3.30. The van der Waals surface area contributed by atoms with Crippen LogP contribution in [0.15, 0.2) is 18.2 Å². The minimum absolute atomic E-state index is 0.0454. The largest absolute Gasteiger partial charge is 0.480 e. The van der Waals surface area contributed by atoms with Gasteiger partial charge in [-0.1, -0.05) is 29.3 Å². The van der Waals surface area contributed by atoms with Crippen LogP contribution in [-0.4, -0.2) is 34.5 Å². The van der Waals surface area contributed by atoms with E-state index in [1.807, 2.05) is 6.07 Å². The first-order valence-corrected chi connectivity index (χ1v) is 7.70. The van der Waals surface area contributed by atoms with E-state index in [-0.39, 0.29) is 30.3 Å². The maximum atomic E-state index is 12.5. The highest BCUT2D eigenvalue weighted by Gasteiger charge is 2.48. The van der Waals surface area contributed by atoms with Gasteiger partial charge in [-0.3, -0.25) is 9.59 Å². The smallest absolute Gasteiger partial charge is 0.323 e. The fourth-order valence-corrected chi connectivity index (χ4v) is 3.02. The SMILES string of the molecule is O=C(O)CN(C(=O)C1CC1c1ccc(Cl)c(Cl)c1)C1CC1. The normalized spacial score (nSPS) is 23.7. The molecule has 2 saturated carbocycles. The molecular formula is C15H15Cl2NO3. The van der Waals surface area contributed by atoms with Crippen LogP contribution < -0.4 is 0 Å². The summed E-state index contributed by atoms with van der Waals surface area (Å²) >= 11 is 11.9. The molecule has 3 rings (SSSR count). The molecule has 2 aliphatic rings. The molecule has 112 valence electrons. The Balaban J connectivity index is 1.69. The summed E-state index contributed by atoms with van der Waals surface area (Å²) in [7, 11) is 0. The van der Waals surface area contributed by atoms with Crippen LogP contribution in [0.1, 0.15) is 30.7 Å². The van der Waals surface area contributed by atoms with E-state index in [2.05, 4.69) is 0 Å². The number of carbonyl (C=O) groups excluding carboxylic acids is 1. The van der Waals surface area contributed by atoms with Gasteiger partial charge in [-0.2, -0.15) is 0 Å². The number of carboxylic acid groups (broad SMARTS) is 1. The predicted molar refractivity (Wildman–Crippen MR) is 79.7 cm³/mol. The number of hydrogen-bond donors (Lipinski definition) is 1. The first-order chi connectivity index (χ1) is 9.97. The van der Waals surface area contributed by atoms with Crippen molar-refractivity contribution in [3.8, 4) is 0 Å². The molecule has 0 saturated heterocycles. The van der Waals surface area contributed by atoms with Gasteiger partial charge in [0.15, 0.2) is 0 Å². The van der Waals surface area contributed by atoms with E-state index < -0.39 is 5.97 Å². The second-order valence-electron chi connectivity index (χ2n) is 5.71. The maximum absolute atomic E-state index is 12.5. The molecule has 1 N–H and O–H groups in total. The molecule has 4 nitrogen and oxygen atoms in total. The number of carboxylic acids is 1. The zero-order chi connectivity index (χ0) is 15.1. The number of hydrogen-bond acceptors (Lipinski definition) is 2. The third kappa shape index (κ3) is 3.16. The summed E-state index contributed by atoms with van der Waals surface area (Å²) in [6, 6.07) is 5.52. The van der Waals surface area contributed by atoms with Gasteiger partial charge >= 0.3 is 5.97 Å². The maximum Gasteiger partial charge on any atom is 0.323 e. The lowest BCUT2D eigenvalue weighted by Crippen LogP contribution is -2.38. The monoisotopic (exact) mass is 327 g/mol. The van der Waals surface area contributed by atoms with Crippen LogP contribution in [0.2, 0.25) is 10.0 Å². The fourth-order valence-electron chi connectivity index (χ4n) is 2.71. The fraction of sp³-hybridized carbons (Fsp3) is 0.467. The predicted octanol–water partition coefficient (Wildman–Crippen LogP) is 3.17. The van der Waals surface area contributed by atoms with Crippen LogP contribution >= 0.6 is 23.2 Å². The standard InChI is InChI=1S/C15H15Cl2NO3/c16-12-4-1-8(5-13(12)17)10-6-11(10)15(21)18(7-14(19)20)9-2-3-9/h1,4-5,9-11H,2-3,6-7H2,(H,19,20). The zero-order valence-electron chi connectivity index (χ0n) is 11.3. The summed E-state index contributed by atoms with van der Waals surface area (Å²) < 4.78 is 0. The molecular weight excluding hydrogens is 313 g/mol. The molecule has 2 atom stereocenters. The minimum atomic E-state index is -0.956. The van der Waals surface area contributed by atoms with Crippen molar-refractivity contribution in [2.24, 2.45) is 5.92 Å². The van der Waals surface area contributed by atoms with Gasteiger partial charge < -0.3 is 10.0 Å². The first-order valence-electron chi connectivity index (χ1n) is 6.94. The summed E-state index contributed by atoms with van der Waals surface area (Å²) in [6.45, 7) is -0.200. The Bertz CT molecular complexity index is 601. The summed E-state index contributed by atoms with van der Waals surface area (Å²) in [5.74, 6) is -0.998. The van der Waals surface area contributed by atoms with Crippen LogP contribution in [0.5, 0.6) is 0 Å². The molecule has 1 aromatic rings. The van der Waals surface area contributed by atoms with Crippen molar-refractivity contribution in [3.63, 3.8) is 0 Å². The number of rotatable bonds is 5. The van der Waals surface area contributed by atoms with E-state index in [0.29, 0.717) is 10.0 Å². The number of nitrogens with zero attached hydrogens (tertiary/aromatic N) is 1. The van der Waals surface area contributed by atoms with E-state index in [0.717, 1.165) is 24.8 Å².